The van der Waals surface area contributed by atoms with Crippen molar-refractivity contribution in [2.75, 3.05) is 0 Å². The SMILES string of the molecule is Cn1ccc(Cn2cnc(-c3ccc(I)cc3)n2)n1. The van der Waals surface area contributed by atoms with E-state index in [-0.39, 0.29) is 0 Å². The van der Waals surface area contributed by atoms with Crippen molar-refractivity contribution in [3.8, 4) is 11.4 Å². The van der Waals surface area contributed by atoms with Gasteiger partial charge in [0.25, 0.3) is 0 Å². The molecule has 3 aromatic rings. The zero-order chi connectivity index (χ0) is 13.2. The first-order valence-electron chi connectivity index (χ1n) is 5.84. The predicted octanol–water partition coefficient (Wildman–Crippen LogP) is 2.33. The van der Waals surface area contributed by atoms with Gasteiger partial charge in [0, 0.05) is 22.4 Å². The van der Waals surface area contributed by atoms with Crippen LogP contribution in [0.3, 0.4) is 0 Å². The number of hydrogen-bond donors (Lipinski definition) is 0. The molecule has 19 heavy (non-hydrogen) atoms. The number of aryl methyl sites for hydroxylation is 1. The van der Waals surface area contributed by atoms with E-state index in [1.54, 1.807) is 15.7 Å². The van der Waals surface area contributed by atoms with Crippen molar-refractivity contribution in [3.63, 3.8) is 0 Å². The first-order chi connectivity index (χ1) is 9.20. The Bertz CT molecular complexity index is 683. The van der Waals surface area contributed by atoms with Crippen molar-refractivity contribution in [2.45, 2.75) is 6.54 Å². The maximum atomic E-state index is 4.47. The number of aromatic nitrogens is 5. The van der Waals surface area contributed by atoms with Crippen LogP contribution in [0, 0.1) is 3.57 Å². The Labute approximate surface area is 124 Å². The molecular weight excluding hydrogens is 353 g/mol. The Morgan fingerprint density at radius 3 is 2.58 bits per heavy atom. The average molecular weight is 365 g/mol. The van der Waals surface area contributed by atoms with Crippen LogP contribution in [0.5, 0.6) is 0 Å². The maximum Gasteiger partial charge on any atom is 0.181 e. The molecular formula is C13H12IN5. The summed E-state index contributed by atoms with van der Waals surface area (Å²) in [5.41, 5.74) is 2.00. The molecule has 0 aliphatic heterocycles. The van der Waals surface area contributed by atoms with Crippen molar-refractivity contribution in [1.82, 2.24) is 24.5 Å². The highest BCUT2D eigenvalue weighted by Crippen LogP contribution is 2.16. The van der Waals surface area contributed by atoms with E-state index in [0.29, 0.717) is 6.54 Å². The predicted molar refractivity (Wildman–Crippen MR) is 80.5 cm³/mol. The summed E-state index contributed by atoms with van der Waals surface area (Å²) < 4.78 is 4.79. The first kappa shape index (κ1) is 12.3. The van der Waals surface area contributed by atoms with Crippen LogP contribution in [0.25, 0.3) is 11.4 Å². The van der Waals surface area contributed by atoms with E-state index in [4.69, 9.17) is 0 Å². The van der Waals surface area contributed by atoms with Crippen LogP contribution in [-0.2, 0) is 13.6 Å². The Kier molecular flexibility index (Phi) is 3.33. The van der Waals surface area contributed by atoms with Gasteiger partial charge >= 0.3 is 0 Å². The van der Waals surface area contributed by atoms with Gasteiger partial charge in [0.1, 0.15) is 6.33 Å². The molecule has 0 N–H and O–H groups in total. The van der Waals surface area contributed by atoms with E-state index in [1.807, 2.05) is 31.4 Å². The highest BCUT2D eigenvalue weighted by Gasteiger charge is 2.05. The van der Waals surface area contributed by atoms with Gasteiger partial charge in [-0.2, -0.15) is 10.2 Å². The van der Waals surface area contributed by atoms with Crippen molar-refractivity contribution in [2.24, 2.45) is 7.05 Å². The highest BCUT2D eigenvalue weighted by molar-refractivity contribution is 14.1. The third-order valence-electron chi connectivity index (χ3n) is 2.73. The summed E-state index contributed by atoms with van der Waals surface area (Å²) in [5.74, 6) is 0.743. The number of hydrogen-bond acceptors (Lipinski definition) is 3. The van der Waals surface area contributed by atoms with Crippen LogP contribution >= 0.6 is 22.6 Å². The summed E-state index contributed by atoms with van der Waals surface area (Å²) in [6.07, 6.45) is 3.66. The lowest BCUT2D eigenvalue weighted by molar-refractivity contribution is 0.650. The van der Waals surface area contributed by atoms with E-state index >= 15 is 0 Å². The quantitative estimate of drug-likeness (QED) is 0.670. The molecule has 0 amide bonds. The first-order valence-corrected chi connectivity index (χ1v) is 6.92. The zero-order valence-electron chi connectivity index (χ0n) is 10.4. The van der Waals surface area contributed by atoms with E-state index in [1.165, 1.54) is 3.57 Å². The minimum atomic E-state index is 0.637. The van der Waals surface area contributed by atoms with Crippen LogP contribution in [0.1, 0.15) is 5.69 Å². The van der Waals surface area contributed by atoms with Gasteiger partial charge < -0.3 is 0 Å². The van der Waals surface area contributed by atoms with Crippen LogP contribution < -0.4 is 0 Å². The highest BCUT2D eigenvalue weighted by atomic mass is 127. The zero-order valence-corrected chi connectivity index (χ0v) is 12.5. The molecule has 5 nitrogen and oxygen atoms in total. The molecule has 2 heterocycles. The lowest BCUT2D eigenvalue weighted by Gasteiger charge is -1.97. The largest absolute Gasteiger partial charge is 0.275 e. The molecule has 0 atom stereocenters. The van der Waals surface area contributed by atoms with Crippen molar-refractivity contribution in [1.29, 1.82) is 0 Å². The second-order valence-corrected chi connectivity index (χ2v) is 5.50. The summed E-state index contributed by atoms with van der Waals surface area (Å²) >= 11 is 2.28. The molecule has 1 aromatic carbocycles. The number of benzene rings is 1. The second-order valence-electron chi connectivity index (χ2n) is 4.25. The number of nitrogens with zero attached hydrogens (tertiary/aromatic N) is 5. The van der Waals surface area contributed by atoms with Crippen molar-refractivity contribution >= 4 is 22.6 Å². The third-order valence-corrected chi connectivity index (χ3v) is 3.45. The van der Waals surface area contributed by atoms with Gasteiger partial charge in [-0.3, -0.25) is 4.68 Å². The molecule has 0 unspecified atom stereocenters. The topological polar surface area (TPSA) is 48.5 Å². The lowest BCUT2D eigenvalue weighted by Crippen LogP contribution is -2.02. The van der Waals surface area contributed by atoms with Crippen molar-refractivity contribution in [3.05, 3.63) is 52.1 Å². The molecule has 0 fully saturated rings. The van der Waals surface area contributed by atoms with E-state index < -0.39 is 0 Å². The molecule has 2 aromatic heterocycles. The molecule has 6 heteroatoms. The van der Waals surface area contributed by atoms with Crippen molar-refractivity contribution < 1.29 is 0 Å². The van der Waals surface area contributed by atoms with Gasteiger partial charge in [0.15, 0.2) is 5.82 Å². The maximum absolute atomic E-state index is 4.47. The van der Waals surface area contributed by atoms with Gasteiger partial charge in [-0.05, 0) is 40.8 Å². The van der Waals surface area contributed by atoms with Gasteiger partial charge in [0.2, 0.25) is 0 Å². The molecule has 0 radical (unpaired) electrons. The second kappa shape index (κ2) is 5.12. The minimum absolute atomic E-state index is 0.637. The summed E-state index contributed by atoms with van der Waals surface area (Å²) in [6.45, 7) is 0.637. The summed E-state index contributed by atoms with van der Waals surface area (Å²) in [7, 11) is 1.90. The van der Waals surface area contributed by atoms with Gasteiger partial charge in [-0.15, -0.1) is 0 Å². The number of rotatable bonds is 3. The monoisotopic (exact) mass is 365 g/mol. The summed E-state index contributed by atoms with van der Waals surface area (Å²) in [6, 6.07) is 10.1. The van der Waals surface area contributed by atoms with Crippen LogP contribution in [-0.4, -0.2) is 24.5 Å². The van der Waals surface area contributed by atoms with Crippen LogP contribution in [0.4, 0.5) is 0 Å². The molecule has 0 aliphatic rings. The lowest BCUT2D eigenvalue weighted by atomic mass is 10.2. The van der Waals surface area contributed by atoms with E-state index in [0.717, 1.165) is 17.1 Å². The molecule has 0 bridgehead atoms. The number of halogens is 1. The minimum Gasteiger partial charge on any atom is -0.275 e. The molecule has 0 saturated carbocycles. The molecule has 0 saturated heterocycles. The third kappa shape index (κ3) is 2.83. The smallest absolute Gasteiger partial charge is 0.181 e. The van der Waals surface area contributed by atoms with Crippen LogP contribution in [0.15, 0.2) is 42.9 Å². The fourth-order valence-electron chi connectivity index (χ4n) is 1.82. The Morgan fingerprint density at radius 1 is 1.11 bits per heavy atom. The Balaban J connectivity index is 1.81. The molecule has 96 valence electrons. The van der Waals surface area contributed by atoms with Gasteiger partial charge in [-0.1, -0.05) is 12.1 Å². The Hall–Kier alpha value is -1.70. The fourth-order valence-corrected chi connectivity index (χ4v) is 2.18. The molecule has 0 spiro atoms. The van der Waals surface area contributed by atoms with E-state index in [2.05, 4.69) is 49.9 Å². The molecule has 3 rings (SSSR count). The summed E-state index contributed by atoms with van der Waals surface area (Å²) in [4.78, 5) is 4.33. The van der Waals surface area contributed by atoms with E-state index in [9.17, 15) is 0 Å². The Morgan fingerprint density at radius 2 is 1.89 bits per heavy atom. The summed E-state index contributed by atoms with van der Waals surface area (Å²) in [5, 5.41) is 8.80. The van der Waals surface area contributed by atoms with Gasteiger partial charge in [-0.25, -0.2) is 9.67 Å². The van der Waals surface area contributed by atoms with Crippen LogP contribution in [0.2, 0.25) is 0 Å². The standard InChI is InChI=1S/C13H12IN5/c1-18-7-6-12(16-18)8-19-9-15-13(17-19)10-2-4-11(14)5-3-10/h2-7,9H,8H2,1H3. The normalized spacial score (nSPS) is 10.8. The molecule has 0 aliphatic carbocycles. The average Bonchev–Trinajstić information content (AvgIpc) is 3.00. The fraction of sp³-hybridized carbons (Fsp3) is 0.154. The van der Waals surface area contributed by atoms with Gasteiger partial charge in [0.05, 0.1) is 12.2 Å².